The van der Waals surface area contributed by atoms with Crippen LogP contribution in [-0.4, -0.2) is 11.8 Å². The molecule has 2 N–H and O–H groups in total. The number of hydrogen-bond acceptors (Lipinski definition) is 2. The maximum atomic E-state index is 13.0. The van der Waals surface area contributed by atoms with E-state index in [0.717, 1.165) is 0 Å². The topological polar surface area (TPSA) is 58.2 Å². The molecule has 0 spiro atoms. The van der Waals surface area contributed by atoms with Crippen molar-refractivity contribution in [2.75, 3.05) is 10.6 Å². The molecule has 2 rings (SSSR count). The molecule has 2 amide bonds. The first-order valence-electron chi connectivity index (χ1n) is 6.14. The van der Waals surface area contributed by atoms with Crippen LogP contribution in [0, 0.1) is 5.82 Å². The molecule has 0 radical (unpaired) electrons. The van der Waals surface area contributed by atoms with Gasteiger partial charge in [-0.05, 0) is 30.3 Å². The Kier molecular flexibility index (Phi) is 4.90. The predicted octanol–water partition coefficient (Wildman–Crippen LogP) is 3.45. The average molecular weight is 307 g/mol. The van der Waals surface area contributed by atoms with Crippen LogP contribution in [0.4, 0.5) is 15.8 Å². The molecule has 21 heavy (non-hydrogen) atoms. The molecule has 0 atom stereocenters. The zero-order chi connectivity index (χ0) is 15.2. The van der Waals surface area contributed by atoms with Gasteiger partial charge in [-0.1, -0.05) is 29.8 Å². The van der Waals surface area contributed by atoms with Crippen molar-refractivity contribution in [2.45, 2.75) is 6.42 Å². The highest BCUT2D eigenvalue weighted by Gasteiger charge is 2.11. The van der Waals surface area contributed by atoms with Crippen LogP contribution in [0.5, 0.6) is 0 Å². The number of amides is 2. The fourth-order valence-corrected chi connectivity index (χ4v) is 1.86. The Morgan fingerprint density at radius 1 is 1.00 bits per heavy atom. The first kappa shape index (κ1) is 15.0. The predicted molar refractivity (Wildman–Crippen MR) is 79.7 cm³/mol. The largest absolute Gasteiger partial charge is 0.326 e. The van der Waals surface area contributed by atoms with Gasteiger partial charge >= 0.3 is 0 Å². The van der Waals surface area contributed by atoms with Gasteiger partial charge in [0, 0.05) is 5.69 Å². The van der Waals surface area contributed by atoms with Crippen LogP contribution in [0.25, 0.3) is 0 Å². The molecule has 0 bridgehead atoms. The molecule has 0 aliphatic carbocycles. The smallest absolute Gasteiger partial charge is 0.233 e. The summed E-state index contributed by atoms with van der Waals surface area (Å²) in [6.07, 6.45) is -0.387. The van der Waals surface area contributed by atoms with Crippen molar-refractivity contribution >= 4 is 34.8 Å². The van der Waals surface area contributed by atoms with Crippen LogP contribution in [-0.2, 0) is 9.59 Å². The summed E-state index contributed by atoms with van der Waals surface area (Å²) in [7, 11) is 0. The number of nitrogens with one attached hydrogen (secondary N) is 2. The van der Waals surface area contributed by atoms with Gasteiger partial charge in [0.25, 0.3) is 0 Å². The van der Waals surface area contributed by atoms with Crippen molar-refractivity contribution in [3.8, 4) is 0 Å². The Labute approximate surface area is 125 Å². The maximum Gasteiger partial charge on any atom is 0.233 e. The number of hydrogen-bond donors (Lipinski definition) is 2. The number of para-hydroxylation sites is 1. The molecule has 6 heteroatoms. The minimum atomic E-state index is -0.537. The van der Waals surface area contributed by atoms with E-state index in [2.05, 4.69) is 10.6 Å². The van der Waals surface area contributed by atoms with Crippen molar-refractivity contribution in [3.05, 3.63) is 59.4 Å². The molecule has 0 unspecified atom stereocenters. The van der Waals surface area contributed by atoms with E-state index in [-0.39, 0.29) is 6.42 Å². The minimum absolute atomic E-state index is 0.297. The lowest BCUT2D eigenvalue weighted by molar-refractivity contribution is -0.123. The molecule has 2 aromatic rings. The molecule has 0 saturated heterocycles. The second-order valence-electron chi connectivity index (χ2n) is 4.26. The first-order chi connectivity index (χ1) is 10.0. The van der Waals surface area contributed by atoms with Crippen molar-refractivity contribution in [1.29, 1.82) is 0 Å². The quantitative estimate of drug-likeness (QED) is 0.850. The lowest BCUT2D eigenvalue weighted by atomic mass is 10.2. The molecule has 2 aromatic carbocycles. The van der Waals surface area contributed by atoms with Crippen molar-refractivity contribution in [2.24, 2.45) is 0 Å². The summed E-state index contributed by atoms with van der Waals surface area (Å²) < 4.78 is 13.0. The molecular formula is C15H12ClFN2O2. The third kappa shape index (κ3) is 4.57. The second-order valence-corrected chi connectivity index (χ2v) is 4.67. The first-order valence-corrected chi connectivity index (χ1v) is 6.52. The zero-order valence-corrected chi connectivity index (χ0v) is 11.7. The van der Waals surface area contributed by atoms with Crippen LogP contribution in [0.3, 0.4) is 0 Å². The van der Waals surface area contributed by atoms with Crippen LogP contribution in [0.2, 0.25) is 5.02 Å². The van der Waals surface area contributed by atoms with Crippen molar-refractivity contribution < 1.29 is 14.0 Å². The Balaban J connectivity index is 1.91. The van der Waals surface area contributed by atoms with Crippen LogP contribution < -0.4 is 10.6 Å². The molecule has 0 heterocycles. The van der Waals surface area contributed by atoms with Gasteiger partial charge in [0.2, 0.25) is 11.8 Å². The highest BCUT2D eigenvalue weighted by Crippen LogP contribution is 2.20. The highest BCUT2D eigenvalue weighted by molar-refractivity contribution is 6.33. The maximum absolute atomic E-state index is 13.0. The lowest BCUT2D eigenvalue weighted by Crippen LogP contribution is -2.21. The normalized spacial score (nSPS) is 10.0. The Morgan fingerprint density at radius 2 is 1.71 bits per heavy atom. The van der Waals surface area contributed by atoms with Gasteiger partial charge in [0.15, 0.2) is 0 Å². The molecule has 0 aromatic heterocycles. The lowest BCUT2D eigenvalue weighted by Gasteiger charge is -2.07. The van der Waals surface area contributed by atoms with Crippen LogP contribution in [0.1, 0.15) is 6.42 Å². The summed E-state index contributed by atoms with van der Waals surface area (Å²) in [5, 5.41) is 5.36. The summed E-state index contributed by atoms with van der Waals surface area (Å²) >= 11 is 5.90. The van der Waals surface area contributed by atoms with E-state index in [9.17, 15) is 14.0 Å². The van der Waals surface area contributed by atoms with E-state index in [1.54, 1.807) is 24.3 Å². The fourth-order valence-electron chi connectivity index (χ4n) is 1.67. The van der Waals surface area contributed by atoms with E-state index in [0.29, 0.717) is 16.4 Å². The van der Waals surface area contributed by atoms with E-state index in [1.165, 1.54) is 24.3 Å². The standard InChI is InChI=1S/C15H12ClFN2O2/c16-12-6-1-2-7-13(12)19-15(21)9-14(20)18-11-5-3-4-10(17)8-11/h1-8H,9H2,(H,18,20)(H,19,21). The summed E-state index contributed by atoms with van der Waals surface area (Å²) in [6.45, 7) is 0. The number of halogens is 2. The summed E-state index contributed by atoms with van der Waals surface area (Å²) in [6, 6.07) is 12.1. The van der Waals surface area contributed by atoms with Gasteiger partial charge in [-0.25, -0.2) is 4.39 Å². The third-order valence-electron chi connectivity index (χ3n) is 2.58. The SMILES string of the molecule is O=C(CC(=O)Nc1ccccc1Cl)Nc1cccc(F)c1. The number of benzene rings is 2. The summed E-state index contributed by atoms with van der Waals surface area (Å²) in [5.41, 5.74) is 0.730. The molecule has 0 saturated carbocycles. The van der Waals surface area contributed by atoms with E-state index >= 15 is 0 Å². The minimum Gasteiger partial charge on any atom is -0.326 e. The molecule has 108 valence electrons. The van der Waals surface area contributed by atoms with E-state index in [1.807, 2.05) is 0 Å². The Hall–Kier alpha value is -2.40. The Bertz CT molecular complexity index is 676. The number of carbonyl (C=O) groups excluding carboxylic acids is 2. The molecule has 0 aliphatic rings. The van der Waals surface area contributed by atoms with Gasteiger partial charge in [0.05, 0.1) is 10.7 Å². The number of carbonyl (C=O) groups is 2. The summed E-state index contributed by atoms with van der Waals surface area (Å²) in [4.78, 5) is 23.4. The van der Waals surface area contributed by atoms with Crippen LogP contribution in [0.15, 0.2) is 48.5 Å². The van der Waals surface area contributed by atoms with Gasteiger partial charge < -0.3 is 10.6 Å². The summed E-state index contributed by atoms with van der Waals surface area (Å²) in [5.74, 6) is -1.50. The molecule has 0 fully saturated rings. The van der Waals surface area contributed by atoms with Gasteiger partial charge in [-0.3, -0.25) is 9.59 Å². The van der Waals surface area contributed by atoms with Gasteiger partial charge in [-0.15, -0.1) is 0 Å². The number of anilines is 2. The number of rotatable bonds is 4. The zero-order valence-electron chi connectivity index (χ0n) is 10.9. The van der Waals surface area contributed by atoms with E-state index < -0.39 is 17.6 Å². The van der Waals surface area contributed by atoms with Crippen LogP contribution >= 0.6 is 11.6 Å². The van der Waals surface area contributed by atoms with Crippen molar-refractivity contribution in [3.63, 3.8) is 0 Å². The monoisotopic (exact) mass is 306 g/mol. The second kappa shape index (κ2) is 6.85. The Morgan fingerprint density at radius 3 is 2.43 bits per heavy atom. The fraction of sp³-hybridized carbons (Fsp3) is 0.0667. The highest BCUT2D eigenvalue weighted by atomic mass is 35.5. The average Bonchev–Trinajstić information content (AvgIpc) is 2.41. The molecule has 0 aliphatic heterocycles. The van der Waals surface area contributed by atoms with E-state index in [4.69, 9.17) is 11.6 Å². The van der Waals surface area contributed by atoms with Gasteiger partial charge in [0.1, 0.15) is 12.2 Å². The molecular weight excluding hydrogens is 295 g/mol. The van der Waals surface area contributed by atoms with Crippen molar-refractivity contribution in [1.82, 2.24) is 0 Å². The molecule has 4 nitrogen and oxygen atoms in total. The third-order valence-corrected chi connectivity index (χ3v) is 2.91. The van der Waals surface area contributed by atoms with Gasteiger partial charge in [-0.2, -0.15) is 0 Å².